The summed E-state index contributed by atoms with van der Waals surface area (Å²) in [6, 6.07) is 0. The molecule has 2 atom stereocenters. The molecule has 0 spiro atoms. The van der Waals surface area contributed by atoms with Gasteiger partial charge in [0.05, 0.1) is 0 Å². The fourth-order valence-electron chi connectivity index (χ4n) is 3.44. The Balaban J connectivity index is 2.81. The Hall–Kier alpha value is -0.340. The van der Waals surface area contributed by atoms with E-state index in [4.69, 9.17) is 9.47 Å². The average molecular weight is 268 g/mol. The van der Waals surface area contributed by atoms with Crippen LogP contribution in [0.2, 0.25) is 0 Å². The molecule has 0 aromatic carbocycles. The molecule has 1 rings (SSSR count). The van der Waals surface area contributed by atoms with Crippen LogP contribution in [0.3, 0.4) is 0 Å². The van der Waals surface area contributed by atoms with Crippen LogP contribution in [-0.2, 0) is 9.47 Å². The zero-order valence-electron chi connectivity index (χ0n) is 13.7. The summed E-state index contributed by atoms with van der Waals surface area (Å²) in [7, 11) is 0. The van der Waals surface area contributed by atoms with E-state index in [9.17, 15) is 0 Å². The van der Waals surface area contributed by atoms with E-state index in [2.05, 4.69) is 32.9 Å². The van der Waals surface area contributed by atoms with Crippen LogP contribution < -0.4 is 0 Å². The van der Waals surface area contributed by atoms with Gasteiger partial charge >= 0.3 is 0 Å². The maximum absolute atomic E-state index is 5.76. The first-order valence-electron chi connectivity index (χ1n) is 7.82. The predicted molar refractivity (Wildman–Crippen MR) is 81.1 cm³/mol. The molecule has 112 valence electrons. The van der Waals surface area contributed by atoms with Gasteiger partial charge in [0.15, 0.2) is 5.79 Å². The molecule has 0 bridgehead atoms. The number of hydrogen-bond donors (Lipinski definition) is 0. The molecule has 19 heavy (non-hydrogen) atoms. The van der Waals surface area contributed by atoms with E-state index in [1.165, 1.54) is 19.3 Å². The molecule has 2 nitrogen and oxygen atoms in total. The summed E-state index contributed by atoms with van der Waals surface area (Å²) in [5.41, 5.74) is 0.382. The molecule has 0 aliphatic heterocycles. The van der Waals surface area contributed by atoms with Crippen LogP contribution >= 0.6 is 0 Å². The summed E-state index contributed by atoms with van der Waals surface area (Å²) >= 11 is 0. The van der Waals surface area contributed by atoms with Gasteiger partial charge in [0, 0.05) is 13.2 Å². The number of rotatable bonds is 6. The van der Waals surface area contributed by atoms with E-state index in [1.807, 2.05) is 20.8 Å². The SMILES string of the molecule is CCOC(C)(/C=C/C1C(C)CCCC1(C)C)OCC. The standard InChI is InChI=1S/C17H32O2/c1-7-18-17(6,19-8-2)13-11-15-14(3)10-9-12-16(15,4)5/h11,13-15H,7-10,12H2,1-6H3/b13-11+. The largest absolute Gasteiger partial charge is 0.347 e. The zero-order chi connectivity index (χ0) is 14.5. The Morgan fingerprint density at radius 2 is 1.79 bits per heavy atom. The molecule has 0 radical (unpaired) electrons. The Kier molecular flexibility index (Phi) is 6.07. The fraction of sp³-hybridized carbons (Fsp3) is 0.882. The van der Waals surface area contributed by atoms with Gasteiger partial charge < -0.3 is 9.47 Å². The van der Waals surface area contributed by atoms with Gasteiger partial charge in [0.25, 0.3) is 0 Å². The molecule has 1 saturated carbocycles. The summed E-state index contributed by atoms with van der Waals surface area (Å²) in [4.78, 5) is 0. The van der Waals surface area contributed by atoms with Gasteiger partial charge in [-0.05, 0) is 50.5 Å². The molecule has 0 saturated heterocycles. The minimum Gasteiger partial charge on any atom is -0.347 e. The van der Waals surface area contributed by atoms with E-state index in [0.717, 1.165) is 5.92 Å². The highest BCUT2D eigenvalue weighted by Gasteiger charge is 2.35. The fourth-order valence-corrected chi connectivity index (χ4v) is 3.44. The van der Waals surface area contributed by atoms with Crippen LogP contribution in [0.15, 0.2) is 12.2 Å². The zero-order valence-corrected chi connectivity index (χ0v) is 13.7. The number of allylic oxidation sites excluding steroid dienone is 1. The lowest BCUT2D eigenvalue weighted by Crippen LogP contribution is -2.34. The molecule has 1 aliphatic rings. The Bertz CT molecular complexity index is 288. The summed E-state index contributed by atoms with van der Waals surface area (Å²) in [6.45, 7) is 14.5. The molecule has 0 heterocycles. The molecule has 0 aromatic heterocycles. The lowest BCUT2D eigenvalue weighted by molar-refractivity contribution is -0.186. The Morgan fingerprint density at radius 1 is 1.21 bits per heavy atom. The lowest BCUT2D eigenvalue weighted by Gasteiger charge is -2.42. The quantitative estimate of drug-likeness (QED) is 0.509. The minimum atomic E-state index is -0.573. The van der Waals surface area contributed by atoms with E-state index < -0.39 is 5.79 Å². The average Bonchev–Trinajstić information content (AvgIpc) is 2.28. The maximum Gasteiger partial charge on any atom is 0.184 e. The molecular weight excluding hydrogens is 236 g/mol. The molecule has 0 N–H and O–H groups in total. The smallest absolute Gasteiger partial charge is 0.184 e. The second kappa shape index (κ2) is 6.90. The second-order valence-electron chi connectivity index (χ2n) is 6.62. The van der Waals surface area contributed by atoms with Crippen LogP contribution in [0.25, 0.3) is 0 Å². The van der Waals surface area contributed by atoms with Gasteiger partial charge in [0.2, 0.25) is 0 Å². The van der Waals surface area contributed by atoms with Gasteiger partial charge in [-0.3, -0.25) is 0 Å². The van der Waals surface area contributed by atoms with Gasteiger partial charge in [-0.15, -0.1) is 0 Å². The third kappa shape index (κ3) is 4.61. The molecule has 0 amide bonds. The minimum absolute atomic E-state index is 0.382. The highest BCUT2D eigenvalue weighted by Crippen LogP contribution is 2.44. The van der Waals surface area contributed by atoms with Crippen molar-refractivity contribution in [1.82, 2.24) is 0 Å². The van der Waals surface area contributed by atoms with E-state index in [-0.39, 0.29) is 0 Å². The summed E-state index contributed by atoms with van der Waals surface area (Å²) < 4.78 is 11.5. The molecule has 1 fully saturated rings. The molecule has 0 aromatic rings. The summed E-state index contributed by atoms with van der Waals surface area (Å²) in [5, 5.41) is 0. The molecular formula is C17H32O2. The monoisotopic (exact) mass is 268 g/mol. The first-order valence-corrected chi connectivity index (χ1v) is 7.82. The molecule has 1 aliphatic carbocycles. The van der Waals surface area contributed by atoms with Crippen molar-refractivity contribution in [2.75, 3.05) is 13.2 Å². The van der Waals surface area contributed by atoms with E-state index in [0.29, 0.717) is 24.5 Å². The van der Waals surface area contributed by atoms with Crippen molar-refractivity contribution < 1.29 is 9.47 Å². The van der Waals surface area contributed by atoms with Gasteiger partial charge in [0.1, 0.15) is 0 Å². The van der Waals surface area contributed by atoms with Crippen LogP contribution in [-0.4, -0.2) is 19.0 Å². The summed E-state index contributed by atoms with van der Waals surface area (Å²) in [5.74, 6) is 0.783. The van der Waals surface area contributed by atoms with Crippen LogP contribution in [0.1, 0.15) is 60.8 Å². The van der Waals surface area contributed by atoms with Crippen LogP contribution in [0.5, 0.6) is 0 Å². The Morgan fingerprint density at radius 3 is 2.26 bits per heavy atom. The normalized spacial score (nSPS) is 27.9. The third-order valence-corrected chi connectivity index (χ3v) is 4.46. The van der Waals surface area contributed by atoms with Gasteiger partial charge in [-0.25, -0.2) is 0 Å². The highest BCUT2D eigenvalue weighted by molar-refractivity contribution is 5.04. The van der Waals surface area contributed by atoms with Crippen molar-refractivity contribution in [3.8, 4) is 0 Å². The van der Waals surface area contributed by atoms with E-state index >= 15 is 0 Å². The van der Waals surface area contributed by atoms with Crippen molar-refractivity contribution in [2.45, 2.75) is 66.6 Å². The Labute approximate surface area is 119 Å². The van der Waals surface area contributed by atoms with Crippen molar-refractivity contribution >= 4 is 0 Å². The first-order chi connectivity index (χ1) is 8.84. The van der Waals surface area contributed by atoms with Crippen molar-refractivity contribution in [3.63, 3.8) is 0 Å². The van der Waals surface area contributed by atoms with Gasteiger partial charge in [-0.2, -0.15) is 0 Å². The number of hydrogen-bond acceptors (Lipinski definition) is 2. The van der Waals surface area contributed by atoms with Crippen LogP contribution in [0, 0.1) is 17.3 Å². The first kappa shape index (κ1) is 16.7. The van der Waals surface area contributed by atoms with E-state index in [1.54, 1.807) is 0 Å². The predicted octanol–water partition coefficient (Wildman–Crippen LogP) is 4.79. The van der Waals surface area contributed by atoms with Crippen molar-refractivity contribution in [3.05, 3.63) is 12.2 Å². The third-order valence-electron chi connectivity index (χ3n) is 4.46. The topological polar surface area (TPSA) is 18.5 Å². The highest BCUT2D eigenvalue weighted by atomic mass is 16.7. The lowest BCUT2D eigenvalue weighted by atomic mass is 9.64. The molecule has 2 unspecified atom stereocenters. The van der Waals surface area contributed by atoms with Crippen molar-refractivity contribution in [2.24, 2.45) is 17.3 Å². The summed E-state index contributed by atoms with van der Waals surface area (Å²) in [6.07, 6.45) is 8.47. The van der Waals surface area contributed by atoms with Crippen LogP contribution in [0.4, 0.5) is 0 Å². The number of ether oxygens (including phenoxy) is 2. The second-order valence-corrected chi connectivity index (χ2v) is 6.62. The van der Waals surface area contributed by atoms with Gasteiger partial charge in [-0.1, -0.05) is 39.7 Å². The maximum atomic E-state index is 5.76. The molecule has 2 heteroatoms. The van der Waals surface area contributed by atoms with Crippen molar-refractivity contribution in [1.29, 1.82) is 0 Å².